The van der Waals surface area contributed by atoms with Crippen LogP contribution in [0.15, 0.2) is 35.2 Å². The SMILES string of the molecule is CC(=O)NCc1cccc([C@@H]2CCCN2C(=O)c2cnco2)n1. The third kappa shape index (κ3) is 3.39. The molecule has 7 heteroatoms. The van der Waals surface area contributed by atoms with Gasteiger partial charge in [0.25, 0.3) is 5.91 Å². The minimum atomic E-state index is -0.168. The van der Waals surface area contributed by atoms with Crippen molar-refractivity contribution in [2.45, 2.75) is 32.4 Å². The summed E-state index contributed by atoms with van der Waals surface area (Å²) in [5, 5.41) is 2.73. The van der Waals surface area contributed by atoms with E-state index < -0.39 is 0 Å². The van der Waals surface area contributed by atoms with Gasteiger partial charge in [0.05, 0.1) is 30.2 Å². The highest BCUT2D eigenvalue weighted by molar-refractivity contribution is 5.91. The number of nitrogens with one attached hydrogen (secondary N) is 1. The molecule has 2 aromatic heterocycles. The van der Waals surface area contributed by atoms with Gasteiger partial charge < -0.3 is 14.6 Å². The van der Waals surface area contributed by atoms with E-state index in [1.807, 2.05) is 18.2 Å². The van der Waals surface area contributed by atoms with E-state index in [-0.39, 0.29) is 23.6 Å². The third-order valence-electron chi connectivity index (χ3n) is 3.84. The average molecular weight is 314 g/mol. The molecule has 2 aromatic rings. The molecule has 1 aliphatic heterocycles. The highest BCUT2D eigenvalue weighted by atomic mass is 16.3. The second kappa shape index (κ2) is 6.60. The second-order valence-electron chi connectivity index (χ2n) is 5.49. The molecule has 1 aliphatic rings. The molecule has 1 atom stereocenters. The van der Waals surface area contributed by atoms with Gasteiger partial charge in [-0.3, -0.25) is 14.6 Å². The van der Waals surface area contributed by atoms with Crippen LogP contribution < -0.4 is 5.32 Å². The minimum Gasteiger partial charge on any atom is -0.438 e. The first-order valence-electron chi connectivity index (χ1n) is 7.55. The lowest BCUT2D eigenvalue weighted by Crippen LogP contribution is -2.31. The van der Waals surface area contributed by atoms with Crippen molar-refractivity contribution >= 4 is 11.8 Å². The van der Waals surface area contributed by atoms with Crippen LogP contribution in [0.2, 0.25) is 0 Å². The van der Waals surface area contributed by atoms with Gasteiger partial charge in [-0.1, -0.05) is 6.07 Å². The molecule has 23 heavy (non-hydrogen) atoms. The predicted octanol–water partition coefficient (Wildman–Crippen LogP) is 1.68. The maximum Gasteiger partial charge on any atom is 0.291 e. The molecule has 0 bridgehead atoms. The highest BCUT2D eigenvalue weighted by Crippen LogP contribution is 2.32. The van der Waals surface area contributed by atoms with Crippen LogP contribution in [0.5, 0.6) is 0 Å². The zero-order valence-electron chi connectivity index (χ0n) is 12.9. The van der Waals surface area contributed by atoms with E-state index in [1.54, 1.807) is 4.90 Å². The van der Waals surface area contributed by atoms with Gasteiger partial charge >= 0.3 is 0 Å². The van der Waals surface area contributed by atoms with E-state index >= 15 is 0 Å². The fourth-order valence-corrected chi connectivity index (χ4v) is 2.78. The van der Waals surface area contributed by atoms with Crippen molar-refractivity contribution in [2.24, 2.45) is 0 Å². The summed E-state index contributed by atoms with van der Waals surface area (Å²) >= 11 is 0. The van der Waals surface area contributed by atoms with Crippen LogP contribution in [-0.4, -0.2) is 33.2 Å². The Kier molecular flexibility index (Phi) is 4.36. The standard InChI is InChI=1S/C16H18N4O3/c1-11(21)18-8-12-4-2-5-13(19-12)14-6-3-7-20(14)16(22)15-9-17-10-23-15/h2,4-5,9-10,14H,3,6-8H2,1H3,(H,18,21)/t14-/m0/s1. The molecule has 1 N–H and O–H groups in total. The van der Waals surface area contributed by atoms with E-state index in [2.05, 4.69) is 15.3 Å². The summed E-state index contributed by atoms with van der Waals surface area (Å²) in [6.07, 6.45) is 4.46. The van der Waals surface area contributed by atoms with Gasteiger partial charge in [-0.2, -0.15) is 0 Å². The molecule has 0 aliphatic carbocycles. The number of carbonyl (C=O) groups is 2. The number of amides is 2. The van der Waals surface area contributed by atoms with Crippen molar-refractivity contribution in [1.29, 1.82) is 0 Å². The van der Waals surface area contributed by atoms with Crippen LogP contribution in [0.4, 0.5) is 0 Å². The first-order chi connectivity index (χ1) is 11.1. The number of likely N-dealkylation sites (tertiary alicyclic amines) is 1. The van der Waals surface area contributed by atoms with Crippen molar-refractivity contribution in [3.63, 3.8) is 0 Å². The Morgan fingerprint density at radius 3 is 3.04 bits per heavy atom. The van der Waals surface area contributed by atoms with Gasteiger partial charge in [0, 0.05) is 13.5 Å². The van der Waals surface area contributed by atoms with Gasteiger partial charge in [0.15, 0.2) is 6.39 Å². The molecule has 0 radical (unpaired) electrons. The maximum absolute atomic E-state index is 12.5. The Bertz CT molecular complexity index is 699. The first-order valence-corrected chi connectivity index (χ1v) is 7.55. The number of rotatable bonds is 4. The summed E-state index contributed by atoms with van der Waals surface area (Å²) < 4.78 is 5.11. The summed E-state index contributed by atoms with van der Waals surface area (Å²) in [4.78, 5) is 33.7. The molecule has 0 unspecified atom stereocenters. The monoisotopic (exact) mass is 314 g/mol. The van der Waals surface area contributed by atoms with Crippen molar-refractivity contribution < 1.29 is 14.0 Å². The average Bonchev–Trinajstić information content (AvgIpc) is 3.23. The van der Waals surface area contributed by atoms with E-state index in [0.29, 0.717) is 13.1 Å². The number of carbonyl (C=O) groups excluding carboxylic acids is 2. The van der Waals surface area contributed by atoms with Gasteiger partial charge in [-0.25, -0.2) is 4.98 Å². The smallest absolute Gasteiger partial charge is 0.291 e. The molecule has 0 saturated carbocycles. The normalized spacial score (nSPS) is 17.3. The fourth-order valence-electron chi connectivity index (χ4n) is 2.78. The molecule has 1 fully saturated rings. The van der Waals surface area contributed by atoms with Gasteiger partial charge in [0.2, 0.25) is 11.7 Å². The molecule has 2 amide bonds. The summed E-state index contributed by atoms with van der Waals surface area (Å²) in [5.74, 6) is -0.0226. The molecule has 0 aromatic carbocycles. The van der Waals surface area contributed by atoms with E-state index in [4.69, 9.17) is 4.42 Å². The quantitative estimate of drug-likeness (QED) is 0.927. The van der Waals surface area contributed by atoms with E-state index in [1.165, 1.54) is 19.5 Å². The predicted molar refractivity (Wildman–Crippen MR) is 81.3 cm³/mol. The van der Waals surface area contributed by atoms with Gasteiger partial charge in [-0.05, 0) is 25.0 Å². The van der Waals surface area contributed by atoms with Crippen LogP contribution >= 0.6 is 0 Å². The zero-order valence-corrected chi connectivity index (χ0v) is 12.9. The van der Waals surface area contributed by atoms with Crippen LogP contribution in [0.1, 0.15) is 47.7 Å². The number of oxazole rings is 1. The minimum absolute atomic E-state index is 0.0788. The molecular weight excluding hydrogens is 296 g/mol. The molecule has 120 valence electrons. The topological polar surface area (TPSA) is 88.3 Å². The van der Waals surface area contributed by atoms with Crippen LogP contribution in [0.3, 0.4) is 0 Å². The first kappa shape index (κ1) is 15.2. The Labute approximate surface area is 133 Å². The number of aromatic nitrogens is 2. The summed E-state index contributed by atoms with van der Waals surface area (Å²) in [5.41, 5.74) is 1.61. The zero-order chi connectivity index (χ0) is 16.2. The highest BCUT2D eigenvalue weighted by Gasteiger charge is 2.32. The fraction of sp³-hybridized carbons (Fsp3) is 0.375. The summed E-state index contributed by atoms with van der Waals surface area (Å²) in [6, 6.07) is 5.59. The van der Waals surface area contributed by atoms with Crippen LogP contribution in [0, 0.1) is 0 Å². The molecule has 1 saturated heterocycles. The Balaban J connectivity index is 1.78. The van der Waals surface area contributed by atoms with E-state index in [0.717, 1.165) is 24.2 Å². The maximum atomic E-state index is 12.5. The van der Waals surface area contributed by atoms with E-state index in [9.17, 15) is 9.59 Å². The lowest BCUT2D eigenvalue weighted by atomic mass is 10.1. The molecule has 7 nitrogen and oxygen atoms in total. The molecule has 3 rings (SSSR count). The third-order valence-corrected chi connectivity index (χ3v) is 3.84. The molecular formula is C16H18N4O3. The molecule has 0 spiro atoms. The second-order valence-corrected chi connectivity index (χ2v) is 5.49. The summed E-state index contributed by atoms with van der Waals surface area (Å²) in [6.45, 7) is 2.52. The van der Waals surface area contributed by atoms with Crippen molar-refractivity contribution in [2.75, 3.05) is 6.54 Å². The number of pyridine rings is 1. The van der Waals surface area contributed by atoms with Gasteiger partial charge in [-0.15, -0.1) is 0 Å². The number of nitrogens with zero attached hydrogens (tertiary/aromatic N) is 3. The Morgan fingerprint density at radius 2 is 2.30 bits per heavy atom. The Morgan fingerprint density at radius 1 is 1.43 bits per heavy atom. The Hall–Kier alpha value is -2.70. The van der Waals surface area contributed by atoms with Gasteiger partial charge in [0.1, 0.15) is 0 Å². The van der Waals surface area contributed by atoms with Crippen molar-refractivity contribution in [3.05, 3.63) is 47.9 Å². The van der Waals surface area contributed by atoms with Crippen LogP contribution in [-0.2, 0) is 11.3 Å². The largest absolute Gasteiger partial charge is 0.438 e. The molecule has 3 heterocycles. The summed E-state index contributed by atoms with van der Waals surface area (Å²) in [7, 11) is 0. The van der Waals surface area contributed by atoms with Crippen molar-refractivity contribution in [3.8, 4) is 0 Å². The van der Waals surface area contributed by atoms with Crippen molar-refractivity contribution in [1.82, 2.24) is 20.2 Å². The lowest BCUT2D eigenvalue weighted by Gasteiger charge is -2.23. The number of hydrogen-bond acceptors (Lipinski definition) is 5. The van der Waals surface area contributed by atoms with Crippen LogP contribution in [0.25, 0.3) is 0 Å². The number of hydrogen-bond donors (Lipinski definition) is 1. The lowest BCUT2D eigenvalue weighted by molar-refractivity contribution is -0.119.